The Morgan fingerprint density at radius 2 is 1.36 bits per heavy atom. The first-order valence-electron chi connectivity index (χ1n) is 9.37. The van der Waals surface area contributed by atoms with E-state index in [1.54, 1.807) is 0 Å². The number of aliphatic hydroxyl groups is 1. The molecule has 5 nitrogen and oxygen atoms in total. The fourth-order valence-corrected chi connectivity index (χ4v) is 3.10. The van der Waals surface area contributed by atoms with Crippen LogP contribution in [0.4, 0.5) is 0 Å². The Bertz CT molecular complexity index is 382. The fraction of sp³-hybridized carbons (Fsp3) is 0.895. The van der Waals surface area contributed by atoms with E-state index in [0.29, 0.717) is 10.9 Å². The highest BCUT2D eigenvalue weighted by atomic mass is 35.5. The molecule has 0 saturated carbocycles. The molecule has 0 aromatic rings. The second-order valence-corrected chi connectivity index (χ2v) is 8.03. The molecule has 0 bridgehead atoms. The lowest BCUT2D eigenvalue weighted by Gasteiger charge is -2.34. The number of carboxylic acid groups (broad SMARTS) is 1. The van der Waals surface area contributed by atoms with Crippen molar-refractivity contribution in [2.45, 2.75) is 83.2 Å². The van der Waals surface area contributed by atoms with Crippen molar-refractivity contribution in [3.8, 4) is 0 Å². The number of likely N-dealkylation sites (N-methyl/N-ethyl adjacent to an activating group) is 1. The van der Waals surface area contributed by atoms with E-state index < -0.39 is 18.0 Å². The summed E-state index contributed by atoms with van der Waals surface area (Å²) in [5.41, 5.74) is -1.82. The van der Waals surface area contributed by atoms with Crippen molar-refractivity contribution in [1.82, 2.24) is 0 Å². The van der Waals surface area contributed by atoms with Gasteiger partial charge in [-0.05, 0) is 6.42 Å². The highest BCUT2D eigenvalue weighted by molar-refractivity contribution is 5.90. The summed E-state index contributed by atoms with van der Waals surface area (Å²) >= 11 is 0. The number of aliphatic carboxylic acids is 1. The Kier molecular flexibility index (Phi) is 14.4. The van der Waals surface area contributed by atoms with E-state index in [0.717, 1.165) is 12.8 Å². The molecule has 0 rings (SSSR count). The van der Waals surface area contributed by atoms with Gasteiger partial charge in [0.2, 0.25) is 0 Å². The second-order valence-electron chi connectivity index (χ2n) is 8.03. The van der Waals surface area contributed by atoms with Crippen LogP contribution >= 0.6 is 12.4 Å². The summed E-state index contributed by atoms with van der Waals surface area (Å²) in [6, 6.07) is 0. The largest absolute Gasteiger partial charge is 0.550 e. The summed E-state index contributed by atoms with van der Waals surface area (Å²) in [7, 11) is 5.48. The molecule has 25 heavy (non-hydrogen) atoms. The van der Waals surface area contributed by atoms with E-state index >= 15 is 0 Å². The van der Waals surface area contributed by atoms with Crippen molar-refractivity contribution in [2.24, 2.45) is 0 Å². The van der Waals surface area contributed by atoms with Crippen LogP contribution in [0.5, 0.6) is 0 Å². The van der Waals surface area contributed by atoms with E-state index in [-0.39, 0.29) is 31.2 Å². The number of Topliss-reactive ketones (excluding diaryl/α,β-unsaturated/α-hetero) is 1. The van der Waals surface area contributed by atoms with Crippen molar-refractivity contribution in [3.05, 3.63) is 0 Å². The number of carbonyl (C=O) groups excluding carboxylic acids is 2. The Hall–Kier alpha value is -0.650. The number of quaternary nitrogens is 1. The third-order valence-electron chi connectivity index (χ3n) is 4.20. The van der Waals surface area contributed by atoms with Crippen LogP contribution in [0.1, 0.15) is 77.6 Å². The van der Waals surface area contributed by atoms with Gasteiger partial charge in [-0.3, -0.25) is 4.79 Å². The van der Waals surface area contributed by atoms with E-state index in [1.165, 1.54) is 38.5 Å². The molecule has 1 N–H and O–H groups in total. The Balaban J connectivity index is 0. The van der Waals surface area contributed by atoms with Gasteiger partial charge in [-0.1, -0.05) is 58.3 Å². The molecule has 0 aromatic heterocycles. The quantitative estimate of drug-likeness (QED) is 0.350. The van der Waals surface area contributed by atoms with Gasteiger partial charge < -0.3 is 19.5 Å². The molecule has 150 valence electrons. The van der Waals surface area contributed by atoms with E-state index in [9.17, 15) is 19.8 Å². The SMILES string of the molecule is CCCCCCCCCCCC(=O)C(O)(CC(=O)[O-])C[N+](C)(C)C.Cl. The van der Waals surface area contributed by atoms with Crippen LogP contribution in [0, 0.1) is 0 Å². The highest BCUT2D eigenvalue weighted by Gasteiger charge is 2.40. The van der Waals surface area contributed by atoms with Crippen molar-refractivity contribution in [1.29, 1.82) is 0 Å². The zero-order valence-electron chi connectivity index (χ0n) is 16.5. The minimum atomic E-state index is -1.82. The lowest BCUT2D eigenvalue weighted by Crippen LogP contribution is -2.56. The van der Waals surface area contributed by atoms with Gasteiger partial charge in [0.25, 0.3) is 0 Å². The molecule has 0 aliphatic heterocycles. The molecule has 0 amide bonds. The van der Waals surface area contributed by atoms with Crippen molar-refractivity contribution < 1.29 is 24.3 Å². The normalized spacial score (nSPS) is 13.8. The number of rotatable bonds is 15. The maximum atomic E-state index is 12.3. The molecule has 0 saturated heterocycles. The number of hydrogen-bond donors (Lipinski definition) is 1. The van der Waals surface area contributed by atoms with Crippen molar-refractivity contribution >= 4 is 24.2 Å². The maximum Gasteiger partial charge on any atom is 0.177 e. The maximum absolute atomic E-state index is 12.3. The molecule has 6 heteroatoms. The predicted molar refractivity (Wildman–Crippen MR) is 102 cm³/mol. The molecule has 0 aromatic carbocycles. The number of hydrogen-bond acceptors (Lipinski definition) is 4. The van der Waals surface area contributed by atoms with Crippen LogP contribution in [0.15, 0.2) is 0 Å². The molecule has 0 fully saturated rings. The number of carboxylic acids is 1. The number of halogens is 1. The third-order valence-corrected chi connectivity index (χ3v) is 4.20. The minimum Gasteiger partial charge on any atom is -0.550 e. The summed E-state index contributed by atoms with van der Waals surface area (Å²) in [6.45, 7) is 2.29. The van der Waals surface area contributed by atoms with Gasteiger partial charge in [-0.25, -0.2) is 0 Å². The first-order valence-corrected chi connectivity index (χ1v) is 9.37. The molecule has 1 unspecified atom stereocenters. The molecular formula is C19H38ClNO4. The van der Waals surface area contributed by atoms with Crippen LogP contribution < -0.4 is 5.11 Å². The van der Waals surface area contributed by atoms with Gasteiger partial charge in [-0.2, -0.15) is 0 Å². The lowest BCUT2D eigenvalue weighted by molar-refractivity contribution is -0.875. The zero-order chi connectivity index (χ0) is 18.6. The van der Waals surface area contributed by atoms with Crippen molar-refractivity contribution in [3.63, 3.8) is 0 Å². The summed E-state index contributed by atoms with van der Waals surface area (Å²) in [5, 5.41) is 21.4. The fourth-order valence-electron chi connectivity index (χ4n) is 3.10. The Labute approximate surface area is 159 Å². The predicted octanol–water partition coefficient (Wildman–Crippen LogP) is 2.48. The van der Waals surface area contributed by atoms with Gasteiger partial charge in [0.15, 0.2) is 11.4 Å². The van der Waals surface area contributed by atoms with Gasteiger partial charge in [0, 0.05) is 18.8 Å². The van der Waals surface area contributed by atoms with Crippen molar-refractivity contribution in [2.75, 3.05) is 27.7 Å². The molecule has 0 heterocycles. The summed E-state index contributed by atoms with van der Waals surface area (Å²) in [6.07, 6.45) is 9.92. The summed E-state index contributed by atoms with van der Waals surface area (Å²) in [5.74, 6) is -1.76. The number of carbonyl (C=O) groups is 2. The van der Waals surface area contributed by atoms with E-state index in [4.69, 9.17) is 0 Å². The van der Waals surface area contributed by atoms with E-state index in [1.807, 2.05) is 21.1 Å². The third kappa shape index (κ3) is 14.2. The lowest BCUT2D eigenvalue weighted by atomic mass is 9.89. The monoisotopic (exact) mass is 379 g/mol. The Morgan fingerprint density at radius 1 is 0.920 bits per heavy atom. The highest BCUT2D eigenvalue weighted by Crippen LogP contribution is 2.19. The van der Waals surface area contributed by atoms with Crippen LogP contribution in [0.25, 0.3) is 0 Å². The van der Waals surface area contributed by atoms with Crippen LogP contribution in [0.3, 0.4) is 0 Å². The standard InChI is InChI=1S/C19H37NO4.ClH/c1-5-6-7-8-9-10-11-12-13-14-17(21)19(24,15-18(22)23)16-20(2,3)4;/h24H,5-16H2,1-4H3;1H. The molecule has 0 spiro atoms. The Morgan fingerprint density at radius 3 is 1.76 bits per heavy atom. The van der Waals surface area contributed by atoms with Gasteiger partial charge in [-0.15, -0.1) is 12.4 Å². The molecule has 0 aliphatic rings. The molecule has 0 radical (unpaired) electrons. The average Bonchev–Trinajstić information content (AvgIpc) is 2.42. The van der Waals surface area contributed by atoms with Gasteiger partial charge >= 0.3 is 0 Å². The van der Waals surface area contributed by atoms with Crippen LogP contribution in [-0.2, 0) is 9.59 Å². The van der Waals surface area contributed by atoms with Crippen LogP contribution in [-0.4, -0.2) is 54.6 Å². The summed E-state index contributed by atoms with van der Waals surface area (Å²) in [4.78, 5) is 23.2. The smallest absolute Gasteiger partial charge is 0.177 e. The number of ketones is 1. The molecule has 1 atom stereocenters. The van der Waals surface area contributed by atoms with E-state index in [2.05, 4.69) is 6.92 Å². The molecule has 0 aliphatic carbocycles. The summed E-state index contributed by atoms with van der Waals surface area (Å²) < 4.78 is 0.327. The minimum absolute atomic E-state index is 0. The zero-order valence-corrected chi connectivity index (χ0v) is 17.3. The number of unbranched alkanes of at least 4 members (excludes halogenated alkanes) is 8. The average molecular weight is 380 g/mol. The second kappa shape index (κ2) is 13.5. The van der Waals surface area contributed by atoms with Gasteiger partial charge in [0.1, 0.15) is 6.54 Å². The first kappa shape index (κ1) is 26.6. The first-order chi connectivity index (χ1) is 11.1. The van der Waals surface area contributed by atoms with Gasteiger partial charge in [0.05, 0.1) is 21.1 Å². The molecular weight excluding hydrogens is 342 g/mol. The van der Waals surface area contributed by atoms with Crippen LogP contribution in [0.2, 0.25) is 0 Å². The number of nitrogens with zero attached hydrogens (tertiary/aromatic N) is 1. The topological polar surface area (TPSA) is 77.4 Å².